The Balaban J connectivity index is 2.35. The fraction of sp³-hybridized carbons (Fsp3) is 0.929. The molecule has 1 saturated heterocycles. The summed E-state index contributed by atoms with van der Waals surface area (Å²) in [5.74, 6) is 1.24. The van der Waals surface area contributed by atoms with Gasteiger partial charge in [-0.2, -0.15) is 0 Å². The Morgan fingerprint density at radius 3 is 2.58 bits per heavy atom. The van der Waals surface area contributed by atoms with Crippen molar-refractivity contribution in [2.24, 2.45) is 16.6 Å². The van der Waals surface area contributed by atoms with Crippen LogP contribution in [0.25, 0.3) is 0 Å². The lowest BCUT2D eigenvalue weighted by Crippen LogP contribution is -2.52. The Morgan fingerprint density at radius 1 is 1.37 bits per heavy atom. The van der Waals surface area contributed by atoms with E-state index in [0.29, 0.717) is 18.4 Å². The van der Waals surface area contributed by atoms with Gasteiger partial charge in [-0.05, 0) is 26.2 Å². The second-order valence-corrected chi connectivity index (χ2v) is 6.22. The molecule has 1 heterocycles. The molecule has 5 nitrogen and oxygen atoms in total. The summed E-state index contributed by atoms with van der Waals surface area (Å²) in [4.78, 5) is 6.89. The number of nitrogens with zero attached hydrogens (tertiary/aromatic N) is 2. The van der Waals surface area contributed by atoms with Crippen molar-refractivity contribution in [3.8, 4) is 0 Å². The summed E-state index contributed by atoms with van der Waals surface area (Å²) in [6, 6.07) is 0. The maximum atomic E-state index is 5.89. The van der Waals surface area contributed by atoms with Gasteiger partial charge in [-0.1, -0.05) is 13.8 Å². The predicted molar refractivity (Wildman–Crippen MR) is 80.4 cm³/mol. The van der Waals surface area contributed by atoms with Gasteiger partial charge in [-0.15, -0.1) is 0 Å². The highest BCUT2D eigenvalue weighted by atomic mass is 16.5. The highest BCUT2D eigenvalue weighted by molar-refractivity contribution is 5.77. The first-order chi connectivity index (χ1) is 8.92. The van der Waals surface area contributed by atoms with Gasteiger partial charge in [0.05, 0.1) is 19.8 Å². The van der Waals surface area contributed by atoms with Gasteiger partial charge in [0.15, 0.2) is 5.96 Å². The van der Waals surface area contributed by atoms with Crippen LogP contribution in [0.3, 0.4) is 0 Å². The van der Waals surface area contributed by atoms with Gasteiger partial charge in [-0.3, -0.25) is 9.89 Å². The first kappa shape index (κ1) is 16.2. The standard InChI is InChI=1S/C14H30N4O/c1-12(2)5-6-16-13(15)17-11-14(3,4)18-7-9-19-10-8-18/h12H,5-11H2,1-4H3,(H3,15,16,17). The lowest BCUT2D eigenvalue weighted by Gasteiger charge is -2.39. The van der Waals surface area contributed by atoms with E-state index in [9.17, 15) is 0 Å². The molecule has 3 N–H and O–H groups in total. The molecule has 0 bridgehead atoms. The summed E-state index contributed by atoms with van der Waals surface area (Å²) in [5.41, 5.74) is 5.93. The molecule has 1 aliphatic rings. The molecule has 0 aromatic heterocycles. The topological polar surface area (TPSA) is 62.9 Å². The van der Waals surface area contributed by atoms with Crippen LogP contribution in [0, 0.1) is 5.92 Å². The zero-order valence-electron chi connectivity index (χ0n) is 12.9. The molecule has 0 aromatic carbocycles. The monoisotopic (exact) mass is 270 g/mol. The van der Waals surface area contributed by atoms with Crippen molar-refractivity contribution in [1.29, 1.82) is 0 Å². The first-order valence-corrected chi connectivity index (χ1v) is 7.28. The minimum atomic E-state index is 0.0358. The van der Waals surface area contributed by atoms with Gasteiger partial charge < -0.3 is 15.8 Å². The van der Waals surface area contributed by atoms with E-state index in [4.69, 9.17) is 10.5 Å². The fourth-order valence-corrected chi connectivity index (χ4v) is 2.09. The number of aliphatic imine (C=N–C) groups is 1. The number of hydrogen-bond acceptors (Lipinski definition) is 3. The lowest BCUT2D eigenvalue weighted by atomic mass is 10.0. The molecule has 1 aliphatic heterocycles. The number of morpholine rings is 1. The molecule has 0 unspecified atom stereocenters. The average Bonchev–Trinajstić information content (AvgIpc) is 2.37. The van der Waals surface area contributed by atoms with Gasteiger partial charge in [0.25, 0.3) is 0 Å². The predicted octanol–water partition coefficient (Wildman–Crippen LogP) is 1.05. The van der Waals surface area contributed by atoms with Crippen LogP contribution in [0.5, 0.6) is 0 Å². The van der Waals surface area contributed by atoms with E-state index in [0.717, 1.165) is 39.3 Å². The molecular weight excluding hydrogens is 240 g/mol. The number of ether oxygens (including phenoxy) is 1. The quantitative estimate of drug-likeness (QED) is 0.559. The molecule has 0 atom stereocenters. The van der Waals surface area contributed by atoms with Crippen LogP contribution in [0.15, 0.2) is 4.99 Å². The van der Waals surface area contributed by atoms with Gasteiger partial charge in [0, 0.05) is 25.2 Å². The molecule has 0 aliphatic carbocycles. The molecule has 1 fully saturated rings. The number of nitrogens with one attached hydrogen (secondary N) is 1. The van der Waals surface area contributed by atoms with Gasteiger partial charge in [0.2, 0.25) is 0 Å². The minimum Gasteiger partial charge on any atom is -0.379 e. The van der Waals surface area contributed by atoms with Gasteiger partial charge in [0.1, 0.15) is 0 Å². The van der Waals surface area contributed by atoms with Crippen LogP contribution in [0.1, 0.15) is 34.1 Å². The van der Waals surface area contributed by atoms with Crippen molar-refractivity contribution >= 4 is 5.96 Å². The number of rotatable bonds is 6. The fourth-order valence-electron chi connectivity index (χ4n) is 2.09. The second kappa shape index (κ2) is 7.70. The van der Waals surface area contributed by atoms with E-state index in [1.54, 1.807) is 0 Å². The van der Waals surface area contributed by atoms with Crippen molar-refractivity contribution in [2.45, 2.75) is 39.7 Å². The lowest BCUT2D eigenvalue weighted by molar-refractivity contribution is -0.00682. The van der Waals surface area contributed by atoms with E-state index >= 15 is 0 Å². The van der Waals surface area contributed by atoms with Crippen molar-refractivity contribution in [1.82, 2.24) is 10.2 Å². The summed E-state index contributed by atoms with van der Waals surface area (Å²) in [6.45, 7) is 14.0. The zero-order valence-corrected chi connectivity index (χ0v) is 12.9. The summed E-state index contributed by atoms with van der Waals surface area (Å²) in [7, 11) is 0. The molecule has 5 heteroatoms. The largest absolute Gasteiger partial charge is 0.379 e. The third-order valence-corrected chi connectivity index (χ3v) is 3.53. The molecule has 0 saturated carbocycles. The van der Waals surface area contributed by atoms with E-state index in [1.807, 2.05) is 0 Å². The summed E-state index contributed by atoms with van der Waals surface area (Å²) in [6.07, 6.45) is 1.11. The SMILES string of the molecule is CC(C)CCNC(N)=NCC(C)(C)N1CCOCC1. The van der Waals surface area contributed by atoms with Crippen LogP contribution < -0.4 is 11.1 Å². The van der Waals surface area contributed by atoms with E-state index in [1.165, 1.54) is 0 Å². The molecule has 0 radical (unpaired) electrons. The van der Waals surface area contributed by atoms with Crippen LogP contribution in [0.4, 0.5) is 0 Å². The number of guanidine groups is 1. The van der Waals surface area contributed by atoms with Crippen LogP contribution in [0.2, 0.25) is 0 Å². The van der Waals surface area contributed by atoms with Gasteiger partial charge >= 0.3 is 0 Å². The second-order valence-electron chi connectivity index (χ2n) is 6.22. The Morgan fingerprint density at radius 2 is 2.00 bits per heavy atom. The van der Waals surface area contributed by atoms with E-state index in [2.05, 4.69) is 42.9 Å². The normalized spacial score (nSPS) is 18.9. The molecule has 0 spiro atoms. The van der Waals surface area contributed by atoms with Crippen molar-refractivity contribution in [2.75, 3.05) is 39.4 Å². The molecule has 1 rings (SSSR count). The average molecular weight is 270 g/mol. The molecule has 0 aromatic rings. The highest BCUT2D eigenvalue weighted by Crippen LogP contribution is 2.16. The third kappa shape index (κ3) is 6.25. The summed E-state index contributed by atoms with van der Waals surface area (Å²) < 4.78 is 5.38. The van der Waals surface area contributed by atoms with Crippen LogP contribution >= 0.6 is 0 Å². The smallest absolute Gasteiger partial charge is 0.188 e. The van der Waals surface area contributed by atoms with E-state index in [-0.39, 0.29) is 5.54 Å². The summed E-state index contributed by atoms with van der Waals surface area (Å²) >= 11 is 0. The molecule has 0 amide bonds. The Kier molecular flexibility index (Phi) is 6.58. The third-order valence-electron chi connectivity index (χ3n) is 3.53. The highest BCUT2D eigenvalue weighted by Gasteiger charge is 2.27. The Bertz CT molecular complexity index is 283. The van der Waals surface area contributed by atoms with Gasteiger partial charge in [-0.25, -0.2) is 0 Å². The Hall–Kier alpha value is -0.810. The van der Waals surface area contributed by atoms with E-state index < -0.39 is 0 Å². The molecule has 112 valence electrons. The molecule has 19 heavy (non-hydrogen) atoms. The van der Waals surface area contributed by atoms with Crippen LogP contribution in [-0.4, -0.2) is 55.8 Å². The summed E-state index contributed by atoms with van der Waals surface area (Å²) in [5, 5.41) is 3.17. The minimum absolute atomic E-state index is 0.0358. The zero-order chi connectivity index (χ0) is 14.3. The molecular formula is C14H30N4O. The number of hydrogen-bond donors (Lipinski definition) is 2. The van der Waals surface area contributed by atoms with Crippen LogP contribution in [-0.2, 0) is 4.74 Å². The van der Waals surface area contributed by atoms with Crippen molar-refractivity contribution in [3.63, 3.8) is 0 Å². The number of nitrogens with two attached hydrogens (primary N) is 1. The first-order valence-electron chi connectivity index (χ1n) is 7.28. The maximum absolute atomic E-state index is 5.89. The Labute approximate surface area is 117 Å². The van der Waals surface area contributed by atoms with Crippen molar-refractivity contribution in [3.05, 3.63) is 0 Å². The maximum Gasteiger partial charge on any atom is 0.188 e. The van der Waals surface area contributed by atoms with Crippen molar-refractivity contribution < 1.29 is 4.74 Å².